The standard InChI is InChI=1S/C19H30N2O2/c1-19(2,3)23-18(22)21-13-12-16(14-17(21)20)11-7-10-15-8-5-4-6-9-15/h4-6,8-9,16-17H,7,10-14,20H2,1-3H3. The quantitative estimate of drug-likeness (QED) is 0.915. The summed E-state index contributed by atoms with van der Waals surface area (Å²) in [6.07, 6.45) is 4.84. The van der Waals surface area contributed by atoms with Crippen molar-refractivity contribution in [2.45, 2.75) is 64.6 Å². The highest BCUT2D eigenvalue weighted by molar-refractivity contribution is 5.68. The van der Waals surface area contributed by atoms with Crippen LogP contribution in [0.5, 0.6) is 0 Å². The number of aryl methyl sites for hydroxylation is 1. The monoisotopic (exact) mass is 318 g/mol. The van der Waals surface area contributed by atoms with E-state index in [0.29, 0.717) is 12.5 Å². The number of piperidine rings is 1. The van der Waals surface area contributed by atoms with Crippen molar-refractivity contribution in [2.75, 3.05) is 6.54 Å². The lowest BCUT2D eigenvalue weighted by molar-refractivity contribution is 0.00500. The van der Waals surface area contributed by atoms with Gasteiger partial charge in [-0.25, -0.2) is 4.79 Å². The smallest absolute Gasteiger partial charge is 0.411 e. The third-order valence-electron chi connectivity index (χ3n) is 4.30. The van der Waals surface area contributed by atoms with Gasteiger partial charge in [0.25, 0.3) is 0 Å². The highest BCUT2D eigenvalue weighted by Gasteiger charge is 2.31. The van der Waals surface area contributed by atoms with E-state index in [2.05, 4.69) is 30.3 Å². The van der Waals surface area contributed by atoms with Crippen LogP contribution in [-0.2, 0) is 11.2 Å². The lowest BCUT2D eigenvalue weighted by atomic mass is 9.89. The summed E-state index contributed by atoms with van der Waals surface area (Å²) < 4.78 is 5.43. The molecule has 1 aliphatic heterocycles. The van der Waals surface area contributed by atoms with Crippen LogP contribution in [0.4, 0.5) is 4.79 Å². The van der Waals surface area contributed by atoms with Gasteiger partial charge in [-0.3, -0.25) is 4.90 Å². The normalized spacial score (nSPS) is 22.0. The molecular weight excluding hydrogens is 288 g/mol. The molecule has 2 unspecified atom stereocenters. The first-order chi connectivity index (χ1) is 10.8. The van der Waals surface area contributed by atoms with Crippen molar-refractivity contribution in [3.05, 3.63) is 35.9 Å². The maximum absolute atomic E-state index is 12.2. The maximum Gasteiger partial charge on any atom is 0.411 e. The molecule has 1 amide bonds. The molecule has 1 fully saturated rings. The van der Waals surface area contributed by atoms with Gasteiger partial charge < -0.3 is 10.5 Å². The Bertz CT molecular complexity index is 496. The van der Waals surface area contributed by atoms with Crippen molar-refractivity contribution in [1.82, 2.24) is 4.90 Å². The second kappa shape index (κ2) is 7.82. The van der Waals surface area contributed by atoms with Gasteiger partial charge in [-0.15, -0.1) is 0 Å². The average molecular weight is 318 g/mol. The topological polar surface area (TPSA) is 55.6 Å². The van der Waals surface area contributed by atoms with Crippen LogP contribution in [0.3, 0.4) is 0 Å². The molecule has 4 nitrogen and oxygen atoms in total. The first-order valence-electron chi connectivity index (χ1n) is 8.64. The first kappa shape index (κ1) is 17.8. The number of nitrogens with two attached hydrogens (primary N) is 1. The second-order valence-corrected chi connectivity index (χ2v) is 7.51. The Balaban J connectivity index is 1.74. The molecule has 0 aliphatic carbocycles. The van der Waals surface area contributed by atoms with Gasteiger partial charge in [-0.05, 0) is 64.4 Å². The molecule has 0 saturated carbocycles. The van der Waals surface area contributed by atoms with Crippen LogP contribution in [0, 0.1) is 5.92 Å². The second-order valence-electron chi connectivity index (χ2n) is 7.51. The zero-order chi connectivity index (χ0) is 16.9. The molecule has 0 aromatic heterocycles. The molecule has 1 saturated heterocycles. The molecule has 0 bridgehead atoms. The van der Waals surface area contributed by atoms with E-state index in [1.807, 2.05) is 20.8 Å². The fourth-order valence-corrected chi connectivity index (χ4v) is 3.12. The maximum atomic E-state index is 12.2. The Labute approximate surface area is 140 Å². The fraction of sp³-hybridized carbons (Fsp3) is 0.632. The number of likely N-dealkylation sites (tertiary alicyclic amines) is 1. The Morgan fingerprint density at radius 1 is 1.30 bits per heavy atom. The van der Waals surface area contributed by atoms with Crippen LogP contribution in [-0.4, -0.2) is 29.3 Å². The number of carbonyl (C=O) groups is 1. The summed E-state index contributed by atoms with van der Waals surface area (Å²) in [4.78, 5) is 13.8. The molecule has 1 aromatic carbocycles. The van der Waals surface area contributed by atoms with E-state index in [0.717, 1.165) is 19.3 Å². The van der Waals surface area contributed by atoms with E-state index < -0.39 is 5.60 Å². The van der Waals surface area contributed by atoms with Crippen LogP contribution in [0.2, 0.25) is 0 Å². The van der Waals surface area contributed by atoms with Gasteiger partial charge in [0.1, 0.15) is 5.60 Å². The van der Waals surface area contributed by atoms with Crippen LogP contribution >= 0.6 is 0 Å². The number of amides is 1. The van der Waals surface area contributed by atoms with Crippen LogP contribution in [0.25, 0.3) is 0 Å². The third-order valence-corrected chi connectivity index (χ3v) is 4.30. The molecule has 2 N–H and O–H groups in total. The average Bonchev–Trinajstić information content (AvgIpc) is 2.46. The van der Waals surface area contributed by atoms with E-state index in [9.17, 15) is 4.79 Å². The minimum absolute atomic E-state index is 0.222. The number of carbonyl (C=O) groups excluding carboxylic acids is 1. The third kappa shape index (κ3) is 5.87. The van der Waals surface area contributed by atoms with Gasteiger partial charge in [0.05, 0.1) is 6.17 Å². The van der Waals surface area contributed by atoms with Gasteiger partial charge in [-0.2, -0.15) is 0 Å². The minimum Gasteiger partial charge on any atom is -0.444 e. The predicted octanol–water partition coefficient (Wildman–Crippen LogP) is 3.94. The number of hydrogen-bond donors (Lipinski definition) is 1. The van der Waals surface area contributed by atoms with Crippen molar-refractivity contribution in [3.8, 4) is 0 Å². The highest BCUT2D eigenvalue weighted by atomic mass is 16.6. The molecular formula is C19H30N2O2. The van der Waals surface area contributed by atoms with E-state index in [4.69, 9.17) is 10.5 Å². The van der Waals surface area contributed by atoms with Crippen molar-refractivity contribution >= 4 is 6.09 Å². The predicted molar refractivity (Wildman–Crippen MR) is 93.0 cm³/mol. The molecule has 0 spiro atoms. The zero-order valence-corrected chi connectivity index (χ0v) is 14.6. The number of hydrogen-bond acceptors (Lipinski definition) is 3. The summed E-state index contributed by atoms with van der Waals surface area (Å²) in [5.74, 6) is 0.604. The number of ether oxygens (including phenoxy) is 1. The molecule has 1 aliphatic rings. The molecule has 2 rings (SSSR count). The van der Waals surface area contributed by atoms with Crippen LogP contribution in [0.1, 0.15) is 52.0 Å². The Hall–Kier alpha value is -1.55. The Morgan fingerprint density at radius 3 is 2.61 bits per heavy atom. The minimum atomic E-state index is -0.469. The largest absolute Gasteiger partial charge is 0.444 e. The summed E-state index contributed by atoms with van der Waals surface area (Å²) in [7, 11) is 0. The number of benzene rings is 1. The van der Waals surface area contributed by atoms with Gasteiger partial charge in [0, 0.05) is 6.54 Å². The van der Waals surface area contributed by atoms with Gasteiger partial charge in [0.2, 0.25) is 0 Å². The molecule has 128 valence electrons. The SMILES string of the molecule is CC(C)(C)OC(=O)N1CCC(CCCc2ccccc2)CC1N. The van der Waals surface area contributed by atoms with Gasteiger partial charge >= 0.3 is 6.09 Å². The number of nitrogens with zero attached hydrogens (tertiary/aromatic N) is 1. The molecule has 2 atom stereocenters. The Kier molecular flexibility index (Phi) is 6.05. The molecule has 23 heavy (non-hydrogen) atoms. The van der Waals surface area contributed by atoms with Crippen LogP contribution in [0.15, 0.2) is 30.3 Å². The lowest BCUT2D eigenvalue weighted by Gasteiger charge is -2.38. The lowest BCUT2D eigenvalue weighted by Crippen LogP contribution is -2.52. The molecule has 4 heteroatoms. The molecule has 1 aromatic rings. The van der Waals surface area contributed by atoms with E-state index in [1.54, 1.807) is 4.90 Å². The summed E-state index contributed by atoms with van der Waals surface area (Å²) in [5, 5.41) is 0. The molecule has 0 radical (unpaired) electrons. The van der Waals surface area contributed by atoms with Crippen molar-refractivity contribution < 1.29 is 9.53 Å². The number of rotatable bonds is 4. The van der Waals surface area contributed by atoms with Gasteiger partial charge in [0.15, 0.2) is 0 Å². The van der Waals surface area contributed by atoms with Crippen molar-refractivity contribution in [2.24, 2.45) is 11.7 Å². The van der Waals surface area contributed by atoms with Crippen molar-refractivity contribution in [1.29, 1.82) is 0 Å². The summed E-state index contributed by atoms with van der Waals surface area (Å²) in [6, 6.07) is 10.6. The zero-order valence-electron chi connectivity index (χ0n) is 14.6. The van der Waals surface area contributed by atoms with Crippen molar-refractivity contribution in [3.63, 3.8) is 0 Å². The summed E-state index contributed by atoms with van der Waals surface area (Å²) in [6.45, 7) is 6.35. The van der Waals surface area contributed by atoms with E-state index in [1.165, 1.54) is 18.4 Å². The van der Waals surface area contributed by atoms with E-state index in [-0.39, 0.29) is 12.3 Å². The summed E-state index contributed by atoms with van der Waals surface area (Å²) >= 11 is 0. The fourth-order valence-electron chi connectivity index (χ4n) is 3.12. The van der Waals surface area contributed by atoms with E-state index >= 15 is 0 Å². The summed E-state index contributed by atoms with van der Waals surface area (Å²) in [5.41, 5.74) is 7.12. The Morgan fingerprint density at radius 2 is 2.00 bits per heavy atom. The highest BCUT2D eigenvalue weighted by Crippen LogP contribution is 2.26. The van der Waals surface area contributed by atoms with Crippen LogP contribution < -0.4 is 5.73 Å². The van der Waals surface area contributed by atoms with Gasteiger partial charge in [-0.1, -0.05) is 30.3 Å². The first-order valence-corrected chi connectivity index (χ1v) is 8.64. The molecule has 1 heterocycles.